The molecule has 22 heteroatoms. The van der Waals surface area contributed by atoms with Gasteiger partial charge in [-0.15, -0.1) is 11.3 Å². The minimum Gasteiger partial charge on any atom is -1.00 e. The number of aryl methyl sites for hydroxylation is 12. The summed E-state index contributed by atoms with van der Waals surface area (Å²) in [4.78, 5) is 78.6. The topological polar surface area (TPSA) is 233 Å². The Labute approximate surface area is 856 Å². The Balaban J connectivity index is 0.000000132. The van der Waals surface area contributed by atoms with Crippen LogP contribution in [0.3, 0.4) is 0 Å². The Morgan fingerprint density at radius 3 is 1.57 bits per heavy atom. The van der Waals surface area contributed by atoms with Crippen LogP contribution in [-0.2, 0) is 26.6 Å². The fourth-order valence-electron chi connectivity index (χ4n) is 16.2. The van der Waals surface area contributed by atoms with E-state index in [0.29, 0.717) is 5.69 Å². The number of aromatic nitrogens is 13. The van der Waals surface area contributed by atoms with Crippen molar-refractivity contribution in [3.8, 4) is 0 Å². The van der Waals surface area contributed by atoms with Crippen molar-refractivity contribution in [1.82, 2.24) is 59.0 Å². The summed E-state index contributed by atoms with van der Waals surface area (Å²) >= 11 is 1.74. The number of anilines is 1. The fraction of sp³-hybridized carbons (Fsp3) is 0.163. The molecule has 1 N–H and O–H groups in total. The van der Waals surface area contributed by atoms with Gasteiger partial charge < -0.3 is 30.9 Å². The number of hydrogen-bond acceptors (Lipinski definition) is 17. The zero-order valence-corrected chi connectivity index (χ0v) is 87.0. The minimum atomic E-state index is -0.0741. The highest BCUT2D eigenvalue weighted by Gasteiger charge is 2.31. The van der Waals surface area contributed by atoms with E-state index in [0.717, 1.165) is 118 Å². The number of halogens is 1. The normalized spacial score (nSPS) is 11.6. The Bertz CT molecular complexity index is 8430. The molecule has 0 radical (unpaired) electrons. The summed E-state index contributed by atoms with van der Waals surface area (Å²) in [7, 11) is 7.59. The number of thiazole rings is 1. The van der Waals surface area contributed by atoms with Crippen molar-refractivity contribution in [3.63, 3.8) is 0 Å². The molecule has 0 spiro atoms. The van der Waals surface area contributed by atoms with Crippen molar-refractivity contribution in [2.75, 3.05) is 11.9 Å². The molecule has 0 fully saturated rings. The van der Waals surface area contributed by atoms with E-state index in [1.54, 1.807) is 66.3 Å². The summed E-state index contributed by atoms with van der Waals surface area (Å²) in [5.74, 6) is 2.83. The Hall–Kier alpha value is -16.9. The lowest BCUT2D eigenvalue weighted by molar-refractivity contribution is -0.695. The highest BCUT2D eigenvalue weighted by molar-refractivity contribution is 7.18. The molecule has 10 aromatic heterocycles. The van der Waals surface area contributed by atoms with Crippen LogP contribution in [0.25, 0.3) is 108 Å². The van der Waals surface area contributed by atoms with E-state index in [2.05, 4.69) is 286 Å². The average Bonchev–Trinajstić information content (AvgIpc) is 1.77. The lowest BCUT2D eigenvalue weighted by Gasteiger charge is -2.25. The predicted molar refractivity (Wildman–Crippen MR) is 601 cm³/mol. The number of H-pyrrole nitrogens is 1. The number of imidazole rings is 1. The van der Waals surface area contributed by atoms with Gasteiger partial charge in [0.2, 0.25) is 0 Å². The predicted octanol–water partition coefficient (Wildman–Crippen LogP) is 25.6. The van der Waals surface area contributed by atoms with Crippen molar-refractivity contribution in [2.45, 2.75) is 109 Å². The van der Waals surface area contributed by atoms with Gasteiger partial charge in [0.1, 0.15) is 28.6 Å². The van der Waals surface area contributed by atoms with Crippen molar-refractivity contribution in [2.24, 2.45) is 36.1 Å². The molecule has 0 saturated carbocycles. The van der Waals surface area contributed by atoms with E-state index in [-0.39, 0.29) is 29.1 Å². The molecule has 0 atom stereocenters. The summed E-state index contributed by atoms with van der Waals surface area (Å²) in [5, 5.41) is 12.5. The zero-order valence-electron chi connectivity index (χ0n) is 85.5. The molecule has 0 amide bonds. The number of aromatic amines is 1. The van der Waals surface area contributed by atoms with Crippen LogP contribution in [0.4, 0.5) is 22.7 Å². The lowest BCUT2D eigenvalue weighted by atomic mass is 9.82. The second kappa shape index (κ2) is 50.0. The molecule has 0 bridgehead atoms. The molecule has 0 aliphatic carbocycles. The first-order valence-corrected chi connectivity index (χ1v) is 48.5. The molecule has 13 heterocycles. The summed E-state index contributed by atoms with van der Waals surface area (Å²) in [5.41, 5.74) is 27.0. The number of hydrogen-bond donors (Lipinski definition) is 1. The molecule has 13 aromatic carbocycles. The molecule has 23 aromatic rings. The van der Waals surface area contributed by atoms with E-state index >= 15 is 0 Å². The molecule has 26 rings (SSSR count). The first-order chi connectivity index (χ1) is 69.5. The Kier molecular flexibility index (Phi) is 36.4. The van der Waals surface area contributed by atoms with Crippen LogP contribution in [0.5, 0.6) is 0 Å². The molecular weight excluding hydrogens is 1830 g/mol. The van der Waals surface area contributed by atoms with Gasteiger partial charge >= 0.3 is 5.69 Å². The largest absolute Gasteiger partial charge is 1.00 e. The molecule has 0 unspecified atom stereocenters. The van der Waals surface area contributed by atoms with Crippen molar-refractivity contribution < 1.29 is 21.4 Å². The van der Waals surface area contributed by atoms with E-state index < -0.39 is 0 Å². The summed E-state index contributed by atoms with van der Waals surface area (Å²) in [6.45, 7) is 30.3. The van der Waals surface area contributed by atoms with Crippen LogP contribution in [0.1, 0.15) is 102 Å². The first-order valence-electron chi connectivity index (χ1n) is 47.7. The molecule has 3 aliphatic rings. The third kappa shape index (κ3) is 27.3. The molecule has 3 aliphatic heterocycles. The molecular formula is C123H120ClN17O3S. The number of nitrogens with one attached hydrogen (secondary N) is 1. The standard InChI is InChI=1S/C14H11N.C13H12N2.C12H9N.C11H13N.C10H10N2O.2C10H9N.C9H10N2.C8H7NO.C8H7NS.C6H8N2O.2C6H7N.ClH/c1-10-6-8-13-12-5-3-2-4-11(12)7-9-14(13)15-10;1-9-14-11-7-3-5-10-6-4-8-12(13(10)11)15(9)2;1-8-10-6-2-4-9-5-3-7-11(13-8)12(9)10;1-8-11(2,3)9-6-4-5-7-10(9)12-8;1-7-10(13)12(2)9-6-4-3-5-8(9)11-7;1-8-6-7-11-10-5-3-2-4-9(8)10;1-8-6-7-9-4-2-3-5-10(9)11-8;1-7-10-8-5-3-4-6-9(8)11(7)2;2*1-6-9-7-4-2-3-5-8(7)10-6;1-5-3-4-7-6(9)8(5)2;1-6-2-4-7-5-3-6;1-6-4-2-3-5-7-6;/h2-9H,1H3;3-8H,1-2H3;2-7H,1H3;4-7H,1-3H3;3-6H,1-2H3;2*2-7H,1H3;3-6H,1-2H3;2*2-5H,1H3;3-4H,1-2H3;2*2-5H,1H3;1H. The number of para-hydroxylation sites is 10. The third-order valence-corrected chi connectivity index (χ3v) is 25.6. The van der Waals surface area contributed by atoms with Crippen LogP contribution in [-0.4, -0.2) is 83.3 Å². The monoisotopic (exact) mass is 1950 g/mol. The number of nitrogens with zero attached hydrogens (tertiary/aromatic N) is 16. The van der Waals surface area contributed by atoms with Crippen LogP contribution in [0.2, 0.25) is 0 Å². The number of fused-ring (bicyclic) bond motifs is 10. The first kappa shape index (κ1) is 105. The Morgan fingerprint density at radius 1 is 0.386 bits per heavy atom. The van der Waals surface area contributed by atoms with Crippen molar-refractivity contribution >= 4 is 160 Å². The number of benzene rings is 13. The van der Waals surface area contributed by atoms with Gasteiger partial charge in [0.05, 0.1) is 89.8 Å². The second-order valence-electron chi connectivity index (χ2n) is 35.3. The lowest BCUT2D eigenvalue weighted by Crippen LogP contribution is -3.00. The maximum Gasteiger partial charge on any atom is 0.495 e. The zero-order chi connectivity index (χ0) is 102. The minimum absolute atomic E-state index is 0. The number of rotatable bonds is 0. The molecule has 145 heavy (non-hydrogen) atoms. The number of amidine groups is 1. The Morgan fingerprint density at radius 2 is 0.938 bits per heavy atom. The van der Waals surface area contributed by atoms with Gasteiger partial charge in [0.25, 0.3) is 5.56 Å². The van der Waals surface area contributed by atoms with Gasteiger partial charge in [-0.1, -0.05) is 220 Å². The third-order valence-electron chi connectivity index (χ3n) is 24.6. The molecule has 0 saturated heterocycles. The average molecular weight is 1950 g/mol. The van der Waals surface area contributed by atoms with Gasteiger partial charge in [-0.3, -0.25) is 39.7 Å². The number of aliphatic imine (C=N–C) groups is 3. The van der Waals surface area contributed by atoms with E-state index in [1.165, 1.54) is 92.3 Å². The van der Waals surface area contributed by atoms with E-state index in [4.69, 9.17) is 4.42 Å². The van der Waals surface area contributed by atoms with E-state index in [1.807, 2.05) is 251 Å². The molecule has 20 nitrogen and oxygen atoms in total. The number of oxazole rings is 1. The summed E-state index contributed by atoms with van der Waals surface area (Å²) < 4.78 is 11.8. The fourth-order valence-corrected chi connectivity index (χ4v) is 17.0. The quantitative estimate of drug-likeness (QED) is 0.110. The maximum absolute atomic E-state index is 11.5. The van der Waals surface area contributed by atoms with E-state index in [9.17, 15) is 9.59 Å². The highest BCUT2D eigenvalue weighted by Crippen LogP contribution is 2.41. The van der Waals surface area contributed by atoms with Crippen molar-refractivity contribution in [3.05, 3.63) is 465 Å². The smallest absolute Gasteiger partial charge is 0.495 e. The molecule has 728 valence electrons. The SMILES string of the molecule is CC1=Nc2cccc3cccc(c23)N1C.CC1=Nc2cccc3cccc1c23.CC1=Nc2ccccc2C1(C)C.Cc1cc[nH]c(=O)[n+]1C.Cc1ccc2c(ccc3ccccc32)n1.Cc1ccc2ccccc2n1.Cc1ccccn1.Cc1ccnc2ccccc12.Cc1ccncc1.Cc1nc2ccccc2n(C)c1=O.Cc1nc2ccccc2n1C.Cc1nc2ccccc2o1.Cc1nc2ccccc2s1.[Cl-]. The van der Waals surface area contributed by atoms with Crippen LogP contribution in [0.15, 0.2) is 406 Å². The number of pyridine rings is 5. The summed E-state index contributed by atoms with van der Waals surface area (Å²) in [6.07, 6.45) is 8.84. The van der Waals surface area contributed by atoms with Gasteiger partial charge in [-0.2, -0.15) is 9.36 Å². The van der Waals surface area contributed by atoms with Gasteiger partial charge in [-0.25, -0.2) is 29.9 Å². The summed E-state index contributed by atoms with van der Waals surface area (Å²) in [6, 6.07) is 116. The van der Waals surface area contributed by atoms with Crippen molar-refractivity contribution in [1.29, 1.82) is 0 Å². The van der Waals surface area contributed by atoms with Crippen LogP contribution >= 0.6 is 11.3 Å². The van der Waals surface area contributed by atoms with Crippen LogP contribution in [0, 0.1) is 69.2 Å². The van der Waals surface area contributed by atoms with Gasteiger partial charge in [0.15, 0.2) is 11.5 Å². The maximum atomic E-state index is 11.5. The van der Waals surface area contributed by atoms with Gasteiger partial charge in [0, 0.05) is 125 Å². The van der Waals surface area contributed by atoms with Gasteiger partial charge in [-0.05, 0) is 255 Å². The van der Waals surface area contributed by atoms with Crippen LogP contribution < -0.4 is 33.1 Å². The highest BCUT2D eigenvalue weighted by atomic mass is 35.5. The second-order valence-corrected chi connectivity index (χ2v) is 36.6.